The minimum absolute atomic E-state index is 0.0179. The highest BCUT2D eigenvalue weighted by molar-refractivity contribution is 7.89. The second-order valence-corrected chi connectivity index (χ2v) is 7.59. The lowest BCUT2D eigenvalue weighted by atomic mass is 10.1. The van der Waals surface area contributed by atoms with Crippen LogP contribution in [0.4, 0.5) is 0 Å². The van der Waals surface area contributed by atoms with E-state index in [1.165, 1.54) is 39.5 Å². The Morgan fingerprint density at radius 2 is 1.36 bits per heavy atom. The smallest absolute Gasteiger partial charge is 0.240 e. The fourth-order valence-electron chi connectivity index (χ4n) is 2.17. The van der Waals surface area contributed by atoms with Crippen molar-refractivity contribution in [3.8, 4) is 17.2 Å². The van der Waals surface area contributed by atoms with Gasteiger partial charge in [-0.2, -0.15) is 0 Å². The molecule has 0 spiro atoms. The topological polar surface area (TPSA) is 73.9 Å². The molecule has 0 aliphatic heterocycles. The van der Waals surface area contributed by atoms with Gasteiger partial charge < -0.3 is 14.2 Å². The summed E-state index contributed by atoms with van der Waals surface area (Å²) in [6.45, 7) is -0.0179. The van der Waals surface area contributed by atoms with Crippen LogP contribution in [-0.4, -0.2) is 29.7 Å². The van der Waals surface area contributed by atoms with Crippen LogP contribution in [0.3, 0.4) is 0 Å². The largest absolute Gasteiger partial charge is 0.496 e. The maximum Gasteiger partial charge on any atom is 0.240 e. The molecule has 0 heterocycles. The van der Waals surface area contributed by atoms with Crippen LogP contribution in [-0.2, 0) is 16.6 Å². The highest BCUT2D eigenvalue weighted by Gasteiger charge is 2.18. The summed E-state index contributed by atoms with van der Waals surface area (Å²) < 4.78 is 43.1. The number of sulfonamides is 1. The van der Waals surface area contributed by atoms with E-state index in [-0.39, 0.29) is 21.5 Å². The van der Waals surface area contributed by atoms with Crippen LogP contribution in [0, 0.1) is 0 Å². The summed E-state index contributed by atoms with van der Waals surface area (Å²) in [5.41, 5.74) is 0.580. The van der Waals surface area contributed by atoms with Crippen LogP contribution in [0.1, 0.15) is 5.56 Å². The van der Waals surface area contributed by atoms with Crippen molar-refractivity contribution in [1.29, 1.82) is 0 Å². The highest BCUT2D eigenvalue weighted by atomic mass is 35.5. The number of benzene rings is 2. The molecule has 2 rings (SSSR count). The Morgan fingerprint density at radius 1 is 0.840 bits per heavy atom. The quantitative estimate of drug-likeness (QED) is 0.762. The number of halogens is 2. The molecule has 6 nitrogen and oxygen atoms in total. The summed E-state index contributed by atoms with van der Waals surface area (Å²) >= 11 is 11.7. The van der Waals surface area contributed by atoms with Gasteiger partial charge in [0.15, 0.2) is 11.5 Å². The lowest BCUT2D eigenvalue weighted by Gasteiger charge is -2.15. The molecule has 2 aromatic carbocycles. The van der Waals surface area contributed by atoms with Crippen molar-refractivity contribution in [1.82, 2.24) is 4.72 Å². The van der Waals surface area contributed by atoms with E-state index in [0.29, 0.717) is 22.8 Å². The molecule has 0 fully saturated rings. The predicted molar refractivity (Wildman–Crippen MR) is 96.6 cm³/mol. The number of methoxy groups -OCH3 is 3. The van der Waals surface area contributed by atoms with Crippen molar-refractivity contribution >= 4 is 33.2 Å². The summed E-state index contributed by atoms with van der Waals surface area (Å²) in [5.74, 6) is 1.40. The van der Waals surface area contributed by atoms with Crippen LogP contribution in [0.5, 0.6) is 17.2 Å². The maximum atomic E-state index is 12.5. The monoisotopic (exact) mass is 405 g/mol. The first-order valence-electron chi connectivity index (χ1n) is 7.05. The van der Waals surface area contributed by atoms with Crippen molar-refractivity contribution in [2.24, 2.45) is 0 Å². The van der Waals surface area contributed by atoms with Crippen LogP contribution in [0.15, 0.2) is 35.2 Å². The molecule has 2 aromatic rings. The molecular formula is C16H17Cl2NO5S. The summed E-state index contributed by atoms with van der Waals surface area (Å²) in [6, 6.07) is 7.37. The van der Waals surface area contributed by atoms with Gasteiger partial charge in [0.25, 0.3) is 0 Å². The SMILES string of the molecule is COc1cc(OC)c(OC)cc1CNS(=O)(=O)c1cc(Cl)cc(Cl)c1. The number of rotatable bonds is 7. The lowest BCUT2D eigenvalue weighted by Crippen LogP contribution is -2.23. The van der Waals surface area contributed by atoms with E-state index in [4.69, 9.17) is 37.4 Å². The van der Waals surface area contributed by atoms with E-state index in [0.717, 1.165) is 0 Å². The molecule has 25 heavy (non-hydrogen) atoms. The molecule has 0 aliphatic carbocycles. The van der Waals surface area contributed by atoms with E-state index >= 15 is 0 Å². The van der Waals surface area contributed by atoms with Gasteiger partial charge in [-0.25, -0.2) is 13.1 Å². The predicted octanol–water partition coefficient (Wildman–Crippen LogP) is 3.50. The van der Waals surface area contributed by atoms with Crippen LogP contribution < -0.4 is 18.9 Å². The zero-order valence-corrected chi connectivity index (χ0v) is 16.1. The van der Waals surface area contributed by atoms with E-state index in [1.54, 1.807) is 12.1 Å². The fraction of sp³-hybridized carbons (Fsp3) is 0.250. The highest BCUT2D eigenvalue weighted by Crippen LogP contribution is 2.34. The molecule has 0 saturated carbocycles. The lowest BCUT2D eigenvalue weighted by molar-refractivity contribution is 0.347. The van der Waals surface area contributed by atoms with Crippen molar-refractivity contribution in [3.05, 3.63) is 45.9 Å². The van der Waals surface area contributed by atoms with Crippen LogP contribution in [0.2, 0.25) is 10.0 Å². The second-order valence-electron chi connectivity index (χ2n) is 4.95. The first-order chi connectivity index (χ1) is 11.8. The molecule has 0 unspecified atom stereocenters. The average Bonchev–Trinajstić information content (AvgIpc) is 2.58. The summed E-state index contributed by atoms with van der Waals surface area (Å²) in [7, 11) is 0.667. The third-order valence-electron chi connectivity index (χ3n) is 3.39. The van der Waals surface area contributed by atoms with Gasteiger partial charge in [-0.05, 0) is 24.3 Å². The number of ether oxygens (including phenoxy) is 3. The zero-order valence-electron chi connectivity index (χ0n) is 13.8. The zero-order chi connectivity index (χ0) is 18.6. The van der Waals surface area contributed by atoms with Gasteiger partial charge >= 0.3 is 0 Å². The first kappa shape index (κ1) is 19.7. The molecule has 0 amide bonds. The van der Waals surface area contributed by atoms with Crippen molar-refractivity contribution in [3.63, 3.8) is 0 Å². The van der Waals surface area contributed by atoms with Crippen molar-refractivity contribution < 1.29 is 22.6 Å². The minimum Gasteiger partial charge on any atom is -0.496 e. The van der Waals surface area contributed by atoms with Gasteiger partial charge in [0.1, 0.15) is 5.75 Å². The van der Waals surface area contributed by atoms with E-state index < -0.39 is 10.0 Å². The van der Waals surface area contributed by atoms with Crippen molar-refractivity contribution in [2.45, 2.75) is 11.4 Å². The first-order valence-corrected chi connectivity index (χ1v) is 9.29. The summed E-state index contributed by atoms with van der Waals surface area (Å²) in [5, 5.41) is 0.466. The van der Waals surface area contributed by atoms with E-state index in [1.807, 2.05) is 0 Å². The third kappa shape index (κ3) is 4.70. The molecule has 0 aliphatic rings. The van der Waals surface area contributed by atoms with Crippen molar-refractivity contribution in [2.75, 3.05) is 21.3 Å². The molecule has 0 saturated heterocycles. The summed E-state index contributed by atoms with van der Waals surface area (Å²) in [6.07, 6.45) is 0. The van der Waals surface area contributed by atoms with E-state index in [9.17, 15) is 8.42 Å². The normalized spacial score (nSPS) is 11.2. The number of hydrogen-bond donors (Lipinski definition) is 1. The van der Waals surface area contributed by atoms with Gasteiger partial charge in [0.05, 0.1) is 26.2 Å². The Labute approximate surface area is 156 Å². The maximum absolute atomic E-state index is 12.5. The number of nitrogens with one attached hydrogen (secondary N) is 1. The molecule has 0 atom stereocenters. The minimum atomic E-state index is -3.81. The standard InChI is InChI=1S/C16H17Cl2NO5S/c1-22-14-8-16(24-3)15(23-2)4-10(14)9-19-25(20,21)13-6-11(17)5-12(18)7-13/h4-8,19H,9H2,1-3H3. The Hall–Kier alpha value is -1.67. The summed E-state index contributed by atoms with van der Waals surface area (Å²) in [4.78, 5) is -0.0237. The second kappa shape index (κ2) is 8.14. The molecule has 0 bridgehead atoms. The molecule has 136 valence electrons. The van der Waals surface area contributed by atoms with Gasteiger partial charge in [-0.15, -0.1) is 0 Å². The van der Waals surface area contributed by atoms with Crippen LogP contribution >= 0.6 is 23.2 Å². The molecule has 1 N–H and O–H groups in total. The Kier molecular flexibility index (Phi) is 6.40. The van der Waals surface area contributed by atoms with Gasteiger partial charge in [0.2, 0.25) is 10.0 Å². The average molecular weight is 406 g/mol. The third-order valence-corrected chi connectivity index (χ3v) is 5.20. The van der Waals surface area contributed by atoms with E-state index in [2.05, 4.69) is 4.72 Å². The Balaban J connectivity index is 2.30. The fourth-order valence-corrected chi connectivity index (χ4v) is 3.90. The molecule has 9 heteroatoms. The van der Waals surface area contributed by atoms with Gasteiger partial charge in [0, 0.05) is 28.2 Å². The molecular weight excluding hydrogens is 389 g/mol. The molecule has 0 radical (unpaired) electrons. The van der Waals surface area contributed by atoms with Gasteiger partial charge in [-0.3, -0.25) is 0 Å². The Morgan fingerprint density at radius 3 is 1.88 bits per heavy atom. The van der Waals surface area contributed by atoms with Crippen LogP contribution in [0.25, 0.3) is 0 Å². The van der Waals surface area contributed by atoms with Gasteiger partial charge in [-0.1, -0.05) is 23.2 Å². The molecule has 0 aromatic heterocycles. The Bertz CT molecular complexity index is 851. The number of hydrogen-bond acceptors (Lipinski definition) is 5.